The van der Waals surface area contributed by atoms with Gasteiger partial charge in [0.25, 0.3) is 0 Å². The number of nitrogens with zero attached hydrogens (tertiary/aromatic N) is 2. The molecule has 1 aliphatic carbocycles. The van der Waals surface area contributed by atoms with Crippen molar-refractivity contribution in [3.63, 3.8) is 0 Å². The average Bonchev–Trinajstić information content (AvgIpc) is 2.70. The number of hydrogen-bond donors (Lipinski definition) is 2. The molecule has 0 bridgehead atoms. The molecule has 3 rings (SSSR count). The van der Waals surface area contributed by atoms with Crippen LogP contribution in [-0.4, -0.2) is 34.2 Å². The fraction of sp³-hybridized carbons (Fsp3) is 0.550. The molecule has 0 aliphatic heterocycles. The van der Waals surface area contributed by atoms with Gasteiger partial charge in [-0.25, -0.2) is 9.97 Å². The Hall–Kier alpha value is -2.67. The fourth-order valence-corrected chi connectivity index (χ4v) is 3.73. The van der Waals surface area contributed by atoms with E-state index in [2.05, 4.69) is 25.6 Å². The molecule has 2 aromatic heterocycles. The molecule has 0 amide bonds. The average molecular weight is 481 g/mol. The highest BCUT2D eigenvalue weighted by molar-refractivity contribution is 5.51. The molecule has 2 heterocycles. The SMILES string of the molecule is COC1(C)CC(Nc2nc(NCc3c[nH+]ccc3C(F)(F)F)ncc2C(F)(F)F)C1(C)C.[OH-]. The number of aromatic nitrogens is 3. The third-order valence-corrected chi connectivity index (χ3v) is 6.38. The van der Waals surface area contributed by atoms with Crippen LogP contribution in [0.2, 0.25) is 0 Å². The van der Waals surface area contributed by atoms with Crippen LogP contribution in [0.3, 0.4) is 0 Å². The van der Waals surface area contributed by atoms with Crippen molar-refractivity contribution in [1.29, 1.82) is 0 Å². The number of rotatable bonds is 6. The summed E-state index contributed by atoms with van der Waals surface area (Å²) in [6.45, 7) is 5.28. The molecule has 184 valence electrons. The number of halogens is 6. The smallest absolute Gasteiger partial charge is 0.421 e. The van der Waals surface area contributed by atoms with Crippen LogP contribution in [0.1, 0.15) is 43.9 Å². The van der Waals surface area contributed by atoms with Gasteiger partial charge in [0.1, 0.15) is 11.4 Å². The Kier molecular flexibility index (Phi) is 7.20. The number of ether oxygens (including phenoxy) is 1. The lowest BCUT2D eigenvalue weighted by molar-refractivity contribution is -0.379. The van der Waals surface area contributed by atoms with Crippen LogP contribution in [0.4, 0.5) is 38.1 Å². The molecule has 2 aromatic rings. The minimum absolute atomic E-state index is 0. The minimum atomic E-state index is -4.71. The number of anilines is 2. The maximum atomic E-state index is 13.5. The van der Waals surface area contributed by atoms with Crippen molar-refractivity contribution in [3.8, 4) is 0 Å². The van der Waals surface area contributed by atoms with Gasteiger partial charge in [0, 0.05) is 42.9 Å². The molecule has 2 atom stereocenters. The first kappa shape index (κ1) is 26.6. The van der Waals surface area contributed by atoms with Crippen molar-refractivity contribution in [2.45, 2.75) is 57.7 Å². The lowest BCUT2D eigenvalue weighted by atomic mass is 9.56. The van der Waals surface area contributed by atoms with Crippen molar-refractivity contribution in [1.82, 2.24) is 9.97 Å². The van der Waals surface area contributed by atoms with Crippen LogP contribution in [0.15, 0.2) is 24.7 Å². The minimum Gasteiger partial charge on any atom is -0.870 e. The summed E-state index contributed by atoms with van der Waals surface area (Å²) in [6, 6.07) is 0.514. The lowest BCUT2D eigenvalue weighted by Gasteiger charge is -2.59. The molecule has 7 nitrogen and oxygen atoms in total. The Morgan fingerprint density at radius 3 is 2.30 bits per heavy atom. The monoisotopic (exact) mass is 481 g/mol. The van der Waals surface area contributed by atoms with E-state index >= 15 is 0 Å². The summed E-state index contributed by atoms with van der Waals surface area (Å²) in [5.41, 5.74) is -3.08. The van der Waals surface area contributed by atoms with E-state index in [1.165, 1.54) is 0 Å². The highest BCUT2D eigenvalue weighted by Crippen LogP contribution is 2.53. The largest absolute Gasteiger partial charge is 0.870 e. The summed E-state index contributed by atoms with van der Waals surface area (Å²) in [5, 5.41) is 5.41. The molecule has 33 heavy (non-hydrogen) atoms. The predicted octanol–water partition coefficient (Wildman–Crippen LogP) is 4.38. The number of aromatic amines is 1. The van der Waals surface area contributed by atoms with E-state index in [0.29, 0.717) is 12.6 Å². The number of H-pyrrole nitrogens is 1. The van der Waals surface area contributed by atoms with Gasteiger partial charge in [-0.15, -0.1) is 0 Å². The van der Waals surface area contributed by atoms with Crippen molar-refractivity contribution < 1.29 is 41.5 Å². The first-order valence-electron chi connectivity index (χ1n) is 9.75. The number of nitrogens with one attached hydrogen (secondary N) is 3. The normalized spacial score (nSPS) is 22.2. The van der Waals surface area contributed by atoms with Gasteiger partial charge in [-0.05, 0) is 13.3 Å². The zero-order valence-corrected chi connectivity index (χ0v) is 18.3. The molecular formula is C20H25F6N5O2. The Morgan fingerprint density at radius 2 is 1.76 bits per heavy atom. The number of alkyl halides is 6. The molecule has 1 saturated carbocycles. The van der Waals surface area contributed by atoms with Crippen LogP contribution in [0, 0.1) is 5.41 Å². The van der Waals surface area contributed by atoms with Crippen molar-refractivity contribution >= 4 is 11.8 Å². The summed E-state index contributed by atoms with van der Waals surface area (Å²) in [4.78, 5) is 10.1. The van der Waals surface area contributed by atoms with E-state index in [0.717, 1.165) is 18.5 Å². The van der Waals surface area contributed by atoms with Gasteiger partial charge in [-0.3, -0.25) is 0 Å². The zero-order valence-electron chi connectivity index (χ0n) is 18.3. The molecule has 1 aliphatic rings. The second-order valence-electron chi connectivity index (χ2n) is 8.45. The van der Waals surface area contributed by atoms with Crippen LogP contribution in [-0.2, 0) is 23.6 Å². The van der Waals surface area contributed by atoms with E-state index < -0.39 is 40.3 Å². The van der Waals surface area contributed by atoms with Crippen molar-refractivity contribution in [2.75, 3.05) is 17.7 Å². The third kappa shape index (κ3) is 5.13. The van der Waals surface area contributed by atoms with Crippen LogP contribution in [0.25, 0.3) is 0 Å². The fourth-order valence-electron chi connectivity index (χ4n) is 3.73. The van der Waals surface area contributed by atoms with Gasteiger partial charge in [0.15, 0.2) is 12.4 Å². The lowest BCUT2D eigenvalue weighted by Crippen LogP contribution is -2.65. The molecule has 4 N–H and O–H groups in total. The molecule has 0 aromatic carbocycles. The molecule has 1 fully saturated rings. The molecular weight excluding hydrogens is 456 g/mol. The van der Waals surface area contributed by atoms with E-state index in [-0.39, 0.29) is 29.6 Å². The van der Waals surface area contributed by atoms with E-state index in [9.17, 15) is 26.3 Å². The third-order valence-electron chi connectivity index (χ3n) is 6.38. The van der Waals surface area contributed by atoms with E-state index in [1.807, 2.05) is 20.8 Å². The molecule has 2 unspecified atom stereocenters. The quantitative estimate of drug-likeness (QED) is 0.594. The Bertz CT molecular complexity index is 982. The maximum Gasteiger partial charge on any atom is 0.421 e. The molecule has 13 heteroatoms. The van der Waals surface area contributed by atoms with Gasteiger partial charge in [0.2, 0.25) is 5.95 Å². The summed E-state index contributed by atoms with van der Waals surface area (Å²) in [6.07, 6.45) is -5.94. The summed E-state index contributed by atoms with van der Waals surface area (Å²) < 4.78 is 85.5. The van der Waals surface area contributed by atoms with Gasteiger partial charge in [0.05, 0.1) is 11.2 Å². The van der Waals surface area contributed by atoms with Gasteiger partial charge in [-0.2, -0.15) is 31.3 Å². The summed E-state index contributed by atoms with van der Waals surface area (Å²) >= 11 is 0. The first-order valence-corrected chi connectivity index (χ1v) is 9.75. The van der Waals surface area contributed by atoms with Gasteiger partial charge in [-0.1, -0.05) is 13.8 Å². The van der Waals surface area contributed by atoms with Crippen LogP contribution >= 0.6 is 0 Å². The van der Waals surface area contributed by atoms with E-state index in [1.54, 1.807) is 7.11 Å². The standard InChI is InChI=1S/C20H23F6N5O.H2O/c1-17(2)14(7-18(17,3)32-4)30-15-13(20(24,25)26)10-29-16(31-15)28-9-11-8-27-6-5-12(11)19(21,22)23;/h5-6,8,10,14H,7,9H2,1-4H3,(H2,28,29,30,31);1H2. The Balaban J connectivity index is 0.00000385. The van der Waals surface area contributed by atoms with Gasteiger partial charge < -0.3 is 20.8 Å². The number of pyridine rings is 1. The Morgan fingerprint density at radius 1 is 1.12 bits per heavy atom. The second kappa shape index (κ2) is 8.93. The number of hydrogen-bond acceptors (Lipinski definition) is 6. The Labute approximate surface area is 186 Å². The first-order chi connectivity index (χ1) is 14.7. The molecule has 0 spiro atoms. The second-order valence-corrected chi connectivity index (χ2v) is 8.45. The highest BCUT2D eigenvalue weighted by Gasteiger charge is 2.58. The topological polar surface area (TPSA) is 103 Å². The van der Waals surface area contributed by atoms with Crippen molar-refractivity contribution in [3.05, 3.63) is 41.3 Å². The predicted molar refractivity (Wildman–Crippen MR) is 106 cm³/mol. The summed E-state index contributed by atoms with van der Waals surface area (Å²) in [7, 11) is 1.54. The highest BCUT2D eigenvalue weighted by atomic mass is 19.4. The van der Waals surface area contributed by atoms with Crippen LogP contribution < -0.4 is 15.6 Å². The number of methoxy groups -OCH3 is 1. The molecule has 0 saturated heterocycles. The maximum absolute atomic E-state index is 13.5. The zero-order chi connectivity index (χ0) is 23.9. The molecule has 0 radical (unpaired) electrons. The van der Waals surface area contributed by atoms with E-state index in [4.69, 9.17) is 4.74 Å². The van der Waals surface area contributed by atoms with Gasteiger partial charge >= 0.3 is 12.4 Å². The summed E-state index contributed by atoms with van der Waals surface area (Å²) in [5.74, 6) is -0.675. The van der Waals surface area contributed by atoms with Crippen molar-refractivity contribution in [2.24, 2.45) is 5.41 Å². The van der Waals surface area contributed by atoms with Crippen LogP contribution in [0.5, 0.6) is 0 Å².